The maximum atomic E-state index is 13.9. The molecule has 0 unspecified atom stereocenters. The van der Waals surface area contributed by atoms with Crippen LogP contribution < -0.4 is 14.4 Å². The van der Waals surface area contributed by atoms with Crippen LogP contribution in [-0.4, -0.2) is 35.8 Å². The number of imide groups is 1. The fraction of sp³-hybridized carbons (Fsp3) is 0.185. The van der Waals surface area contributed by atoms with Gasteiger partial charge in [0.25, 0.3) is 0 Å². The molecule has 3 heterocycles. The minimum Gasteiger partial charge on any atom is -0.454 e. The number of hydrogen-bond donors (Lipinski definition) is 0. The largest absolute Gasteiger partial charge is 0.454 e. The van der Waals surface area contributed by atoms with Gasteiger partial charge in [0.2, 0.25) is 35.8 Å². The van der Waals surface area contributed by atoms with E-state index in [0.29, 0.717) is 17.1 Å². The van der Waals surface area contributed by atoms with Crippen LogP contribution in [0.2, 0.25) is 0 Å². The third kappa shape index (κ3) is 2.50. The van der Waals surface area contributed by atoms with Crippen molar-refractivity contribution in [2.24, 2.45) is 11.8 Å². The number of amides is 2. The van der Waals surface area contributed by atoms with Gasteiger partial charge in [0.05, 0.1) is 23.6 Å². The predicted octanol–water partition coefficient (Wildman–Crippen LogP) is 3.25. The molecule has 36 heavy (non-hydrogen) atoms. The van der Waals surface area contributed by atoms with Gasteiger partial charge in [0.15, 0.2) is 11.5 Å². The normalized spacial score (nSPS) is 25.1. The van der Waals surface area contributed by atoms with Crippen molar-refractivity contribution < 1.29 is 37.8 Å². The summed E-state index contributed by atoms with van der Waals surface area (Å²) < 4.78 is 30.6. The lowest BCUT2D eigenvalue weighted by Crippen LogP contribution is -2.51. The monoisotopic (exact) mass is 485 g/mol. The molecule has 2 saturated heterocycles. The molecule has 2 amide bonds. The summed E-state index contributed by atoms with van der Waals surface area (Å²) in [6.45, 7) is 0.0107. The van der Waals surface area contributed by atoms with E-state index in [9.17, 15) is 23.6 Å². The van der Waals surface area contributed by atoms with Crippen molar-refractivity contribution in [2.45, 2.75) is 11.7 Å². The first-order chi connectivity index (χ1) is 17.4. The lowest BCUT2D eigenvalue weighted by molar-refractivity contribution is -0.127. The van der Waals surface area contributed by atoms with Crippen molar-refractivity contribution in [3.8, 4) is 11.5 Å². The lowest BCUT2D eigenvalue weighted by Gasteiger charge is -2.27. The zero-order valence-corrected chi connectivity index (χ0v) is 18.5. The first-order valence-electron chi connectivity index (χ1n) is 11.3. The minimum absolute atomic E-state index is 0.0107. The van der Waals surface area contributed by atoms with Gasteiger partial charge in [-0.15, -0.1) is 0 Å². The summed E-state index contributed by atoms with van der Waals surface area (Å²) in [6, 6.07) is 16.1. The third-order valence-electron chi connectivity index (χ3n) is 7.33. The first kappa shape index (κ1) is 21.0. The summed E-state index contributed by atoms with van der Waals surface area (Å²) in [6.07, 6.45) is -1.12. The van der Waals surface area contributed by atoms with Crippen LogP contribution in [0, 0.1) is 17.7 Å². The molecule has 3 aromatic carbocycles. The molecule has 0 saturated carbocycles. The predicted molar refractivity (Wildman–Crippen MR) is 120 cm³/mol. The Kier molecular flexibility index (Phi) is 4.12. The Bertz CT molecular complexity index is 1480. The number of nitrogens with zero attached hydrogens (tertiary/aromatic N) is 1. The highest BCUT2D eigenvalue weighted by atomic mass is 19.1. The summed E-state index contributed by atoms with van der Waals surface area (Å²) in [5.74, 6) is -4.87. The molecule has 1 aliphatic carbocycles. The Morgan fingerprint density at radius 2 is 1.47 bits per heavy atom. The number of ether oxygens (including phenoxy) is 3. The molecule has 0 radical (unpaired) electrons. The zero-order valence-electron chi connectivity index (χ0n) is 18.5. The number of fused-ring (bicyclic) bond motifs is 4. The SMILES string of the molecule is O=C1[C@@H]2[C@@H](c3ccc(F)cc3)OC3(C(=O)c4ccccc4C3=O)[C@@H]2C(=O)N1c1ccc2c(c1)OCO2. The van der Waals surface area contributed by atoms with Gasteiger partial charge in [-0.3, -0.25) is 19.2 Å². The van der Waals surface area contributed by atoms with E-state index in [1.807, 2.05) is 0 Å². The lowest BCUT2D eigenvalue weighted by atomic mass is 9.77. The van der Waals surface area contributed by atoms with E-state index in [-0.39, 0.29) is 23.6 Å². The highest BCUT2D eigenvalue weighted by Crippen LogP contribution is 2.58. The molecule has 9 heteroatoms. The third-order valence-corrected chi connectivity index (χ3v) is 7.33. The second-order valence-corrected chi connectivity index (χ2v) is 9.08. The number of carbonyl (C=O) groups excluding carboxylic acids is 4. The van der Waals surface area contributed by atoms with Gasteiger partial charge in [0, 0.05) is 17.2 Å². The Labute approximate surface area is 203 Å². The summed E-state index contributed by atoms with van der Waals surface area (Å²) in [4.78, 5) is 56.2. The average Bonchev–Trinajstić information content (AvgIpc) is 3.61. The number of anilines is 1. The van der Waals surface area contributed by atoms with E-state index in [4.69, 9.17) is 14.2 Å². The van der Waals surface area contributed by atoms with Gasteiger partial charge in [-0.05, 0) is 29.8 Å². The van der Waals surface area contributed by atoms with Crippen LogP contribution in [0.1, 0.15) is 32.4 Å². The van der Waals surface area contributed by atoms with Gasteiger partial charge >= 0.3 is 0 Å². The van der Waals surface area contributed by atoms with Crippen LogP contribution in [0.3, 0.4) is 0 Å². The fourth-order valence-electron chi connectivity index (χ4n) is 5.75. The van der Waals surface area contributed by atoms with Crippen LogP contribution in [0.4, 0.5) is 10.1 Å². The van der Waals surface area contributed by atoms with Crippen molar-refractivity contribution in [2.75, 3.05) is 11.7 Å². The van der Waals surface area contributed by atoms with Crippen LogP contribution in [0.25, 0.3) is 0 Å². The second kappa shape index (κ2) is 7.08. The van der Waals surface area contributed by atoms with Crippen molar-refractivity contribution in [3.05, 3.63) is 89.2 Å². The second-order valence-electron chi connectivity index (χ2n) is 9.08. The molecule has 3 aromatic rings. The number of ketones is 2. The molecule has 7 rings (SSSR count). The molecule has 3 aliphatic heterocycles. The topological polar surface area (TPSA) is 99.2 Å². The number of hydrogen-bond acceptors (Lipinski definition) is 7. The van der Waals surface area contributed by atoms with Gasteiger partial charge in [0.1, 0.15) is 5.82 Å². The number of halogens is 1. The average molecular weight is 485 g/mol. The van der Waals surface area contributed by atoms with E-state index in [0.717, 1.165) is 4.90 Å². The molecular weight excluding hydrogens is 469 g/mol. The van der Waals surface area contributed by atoms with Crippen LogP contribution in [0.15, 0.2) is 66.7 Å². The van der Waals surface area contributed by atoms with Gasteiger partial charge in [-0.1, -0.05) is 36.4 Å². The molecular formula is C27H16FNO7. The summed E-state index contributed by atoms with van der Waals surface area (Å²) in [5, 5.41) is 0. The molecule has 1 spiro atoms. The molecule has 4 aliphatic rings. The molecule has 0 N–H and O–H groups in total. The number of rotatable bonds is 2. The van der Waals surface area contributed by atoms with E-state index in [2.05, 4.69) is 0 Å². The van der Waals surface area contributed by atoms with Gasteiger partial charge in [-0.2, -0.15) is 0 Å². The summed E-state index contributed by atoms with van der Waals surface area (Å²) >= 11 is 0. The molecule has 3 atom stereocenters. The van der Waals surface area contributed by atoms with Crippen molar-refractivity contribution in [1.29, 1.82) is 0 Å². The number of Topliss-reactive ketones (excluding diaryl/α,β-unsaturated/α-hetero) is 2. The van der Waals surface area contributed by atoms with E-state index < -0.39 is 52.7 Å². The van der Waals surface area contributed by atoms with Crippen LogP contribution in [0.5, 0.6) is 11.5 Å². The van der Waals surface area contributed by atoms with Gasteiger partial charge in [-0.25, -0.2) is 9.29 Å². The van der Waals surface area contributed by atoms with Crippen molar-refractivity contribution in [1.82, 2.24) is 0 Å². The Morgan fingerprint density at radius 3 is 2.17 bits per heavy atom. The maximum absolute atomic E-state index is 13.9. The first-order valence-corrected chi connectivity index (χ1v) is 11.3. The van der Waals surface area contributed by atoms with E-state index in [1.165, 1.54) is 48.5 Å². The summed E-state index contributed by atoms with van der Waals surface area (Å²) in [5.41, 5.74) is -1.29. The number of carbonyl (C=O) groups is 4. The zero-order chi connectivity index (χ0) is 24.8. The molecule has 2 fully saturated rings. The van der Waals surface area contributed by atoms with Crippen LogP contribution in [-0.2, 0) is 14.3 Å². The molecule has 178 valence electrons. The summed E-state index contributed by atoms with van der Waals surface area (Å²) in [7, 11) is 0. The van der Waals surface area contributed by atoms with Crippen LogP contribution >= 0.6 is 0 Å². The molecule has 0 aromatic heterocycles. The van der Waals surface area contributed by atoms with E-state index >= 15 is 0 Å². The van der Waals surface area contributed by atoms with Gasteiger partial charge < -0.3 is 14.2 Å². The quantitative estimate of drug-likeness (QED) is 0.406. The Balaban J connectivity index is 1.40. The Morgan fingerprint density at radius 1 is 0.806 bits per heavy atom. The highest BCUT2D eigenvalue weighted by molar-refractivity contribution is 6.37. The smallest absolute Gasteiger partial charge is 0.241 e. The van der Waals surface area contributed by atoms with E-state index in [1.54, 1.807) is 18.2 Å². The van der Waals surface area contributed by atoms with Crippen molar-refractivity contribution in [3.63, 3.8) is 0 Å². The minimum atomic E-state index is -2.19. The fourth-order valence-corrected chi connectivity index (χ4v) is 5.75. The van der Waals surface area contributed by atoms with Crippen molar-refractivity contribution >= 4 is 29.1 Å². The number of benzene rings is 3. The Hall–Kier alpha value is -4.37. The highest BCUT2D eigenvalue weighted by Gasteiger charge is 2.74. The molecule has 8 nitrogen and oxygen atoms in total. The standard InChI is InChI=1S/C27H16FNO7/c28-14-7-5-13(6-8-14)22-20-21(27(36-22)23(30)16-3-1-2-4-17(16)24(27)31)26(33)29(25(20)32)15-9-10-18-19(11-15)35-12-34-18/h1-11,20-22H,12H2/t20-,21-,22+/m0/s1. The molecule has 0 bridgehead atoms. The maximum Gasteiger partial charge on any atom is 0.241 e.